The van der Waals surface area contributed by atoms with Gasteiger partial charge in [0.1, 0.15) is 17.2 Å². The van der Waals surface area contributed by atoms with Crippen molar-refractivity contribution in [2.75, 3.05) is 0 Å². The number of aliphatic carboxylic acids is 1. The largest absolute Gasteiger partial charge is 0.480 e. The van der Waals surface area contributed by atoms with Crippen molar-refractivity contribution in [2.45, 2.75) is 47.1 Å². The Morgan fingerprint density at radius 1 is 1.23 bits per heavy atom. The van der Waals surface area contributed by atoms with Gasteiger partial charge in [-0.25, -0.2) is 4.98 Å². The first kappa shape index (κ1) is 18.3. The monoisotopic (exact) mass is 370 g/mol. The number of benzene rings is 1. The molecular formula is C20H22N2O3S. The Morgan fingerprint density at radius 3 is 2.50 bits per heavy atom. The predicted octanol–water partition coefficient (Wildman–Crippen LogP) is 4.26. The Hall–Kier alpha value is -2.47. The SMILES string of the molecule is Cc1ccc(-c2c(C)sc3nc(C(C)C)n(CC(=O)O)c(=O)c23)cc1C. The highest BCUT2D eigenvalue weighted by Crippen LogP contribution is 2.36. The van der Waals surface area contributed by atoms with Crippen molar-refractivity contribution in [2.24, 2.45) is 0 Å². The van der Waals surface area contributed by atoms with Crippen LogP contribution in [0.15, 0.2) is 23.0 Å². The molecule has 0 bridgehead atoms. The molecule has 0 fully saturated rings. The highest BCUT2D eigenvalue weighted by atomic mass is 32.1. The molecule has 3 aromatic rings. The highest BCUT2D eigenvalue weighted by Gasteiger charge is 2.22. The van der Waals surface area contributed by atoms with Crippen LogP contribution >= 0.6 is 11.3 Å². The fourth-order valence-corrected chi connectivity index (χ4v) is 4.23. The fourth-order valence-electron chi connectivity index (χ4n) is 3.18. The topological polar surface area (TPSA) is 72.2 Å². The molecule has 0 spiro atoms. The van der Waals surface area contributed by atoms with Gasteiger partial charge in [-0.1, -0.05) is 32.0 Å². The van der Waals surface area contributed by atoms with Crippen molar-refractivity contribution in [3.8, 4) is 11.1 Å². The summed E-state index contributed by atoms with van der Waals surface area (Å²) in [7, 11) is 0. The van der Waals surface area contributed by atoms with E-state index in [1.165, 1.54) is 21.5 Å². The van der Waals surface area contributed by atoms with Gasteiger partial charge in [-0.2, -0.15) is 0 Å². The Bertz CT molecular complexity index is 1080. The fraction of sp³-hybridized carbons (Fsp3) is 0.350. The number of hydrogen-bond donors (Lipinski definition) is 1. The van der Waals surface area contributed by atoms with Gasteiger partial charge in [0.2, 0.25) is 0 Å². The van der Waals surface area contributed by atoms with Crippen LogP contribution in [0.1, 0.15) is 41.6 Å². The number of rotatable bonds is 4. The molecule has 1 aromatic carbocycles. The highest BCUT2D eigenvalue weighted by molar-refractivity contribution is 7.19. The summed E-state index contributed by atoms with van der Waals surface area (Å²) in [6, 6.07) is 6.12. The zero-order valence-corrected chi connectivity index (χ0v) is 16.4. The van der Waals surface area contributed by atoms with E-state index in [-0.39, 0.29) is 18.0 Å². The van der Waals surface area contributed by atoms with Crippen LogP contribution in [0.3, 0.4) is 0 Å². The normalized spacial score (nSPS) is 11.5. The summed E-state index contributed by atoms with van der Waals surface area (Å²) >= 11 is 1.49. The number of hydrogen-bond acceptors (Lipinski definition) is 4. The van der Waals surface area contributed by atoms with Crippen LogP contribution in [-0.4, -0.2) is 20.6 Å². The predicted molar refractivity (Wildman–Crippen MR) is 105 cm³/mol. The maximum absolute atomic E-state index is 13.2. The smallest absolute Gasteiger partial charge is 0.323 e. The number of aryl methyl sites for hydroxylation is 3. The van der Waals surface area contributed by atoms with E-state index >= 15 is 0 Å². The quantitative estimate of drug-likeness (QED) is 0.745. The third-order valence-corrected chi connectivity index (χ3v) is 5.62. The minimum Gasteiger partial charge on any atom is -0.480 e. The van der Waals surface area contributed by atoms with Crippen LogP contribution in [0.4, 0.5) is 0 Å². The van der Waals surface area contributed by atoms with Gasteiger partial charge in [0.05, 0.1) is 5.39 Å². The lowest BCUT2D eigenvalue weighted by Crippen LogP contribution is -2.29. The second-order valence-corrected chi connectivity index (χ2v) is 8.13. The second kappa shape index (κ2) is 6.68. The average Bonchev–Trinajstić information content (AvgIpc) is 2.88. The van der Waals surface area contributed by atoms with Crippen molar-refractivity contribution >= 4 is 27.5 Å². The molecule has 136 valence electrons. The van der Waals surface area contributed by atoms with E-state index in [4.69, 9.17) is 0 Å². The molecule has 1 N–H and O–H groups in total. The number of thiophene rings is 1. The number of nitrogens with zero attached hydrogens (tertiary/aromatic N) is 2. The molecule has 0 aliphatic carbocycles. The van der Waals surface area contributed by atoms with Crippen molar-refractivity contribution in [1.29, 1.82) is 0 Å². The van der Waals surface area contributed by atoms with Gasteiger partial charge < -0.3 is 5.11 Å². The van der Waals surface area contributed by atoms with Crippen molar-refractivity contribution in [3.05, 3.63) is 50.4 Å². The Labute approximate surface area is 155 Å². The van der Waals surface area contributed by atoms with Gasteiger partial charge in [-0.3, -0.25) is 14.2 Å². The number of fused-ring (bicyclic) bond motifs is 1. The van der Waals surface area contributed by atoms with Crippen LogP contribution < -0.4 is 5.56 Å². The number of carboxylic acids is 1. The third-order valence-electron chi connectivity index (χ3n) is 4.62. The van der Waals surface area contributed by atoms with Crippen LogP contribution in [-0.2, 0) is 11.3 Å². The van der Waals surface area contributed by atoms with Crippen LogP contribution in [0.5, 0.6) is 0 Å². The molecule has 0 atom stereocenters. The van der Waals surface area contributed by atoms with Gasteiger partial charge >= 0.3 is 5.97 Å². The maximum atomic E-state index is 13.2. The van der Waals surface area contributed by atoms with E-state index in [1.54, 1.807) is 0 Å². The molecule has 5 nitrogen and oxygen atoms in total. The van der Waals surface area contributed by atoms with Crippen LogP contribution in [0, 0.1) is 20.8 Å². The van der Waals surface area contributed by atoms with Gasteiger partial charge in [-0.05, 0) is 37.5 Å². The molecule has 0 unspecified atom stereocenters. The third kappa shape index (κ3) is 3.05. The van der Waals surface area contributed by atoms with Crippen molar-refractivity contribution in [1.82, 2.24) is 9.55 Å². The first-order valence-corrected chi connectivity index (χ1v) is 9.35. The Balaban J connectivity index is 2.38. The van der Waals surface area contributed by atoms with E-state index in [9.17, 15) is 14.7 Å². The molecule has 6 heteroatoms. The molecule has 26 heavy (non-hydrogen) atoms. The van der Waals surface area contributed by atoms with E-state index in [2.05, 4.69) is 11.1 Å². The van der Waals surface area contributed by atoms with E-state index in [0.717, 1.165) is 21.6 Å². The summed E-state index contributed by atoms with van der Waals surface area (Å²) in [4.78, 5) is 30.8. The van der Waals surface area contributed by atoms with Crippen LogP contribution in [0.25, 0.3) is 21.3 Å². The van der Waals surface area contributed by atoms with E-state index < -0.39 is 5.97 Å². The molecule has 0 aliphatic rings. The number of carbonyl (C=O) groups is 1. The van der Waals surface area contributed by atoms with Crippen molar-refractivity contribution < 1.29 is 9.90 Å². The molecule has 0 amide bonds. The minimum absolute atomic E-state index is 0.0427. The summed E-state index contributed by atoms with van der Waals surface area (Å²) in [5.74, 6) is -0.577. The molecule has 2 aromatic heterocycles. The Kier molecular flexibility index (Phi) is 4.71. The first-order chi connectivity index (χ1) is 12.2. The standard InChI is InChI=1S/C20H22N2O3S/c1-10(2)18-21-19-17(20(25)22(18)9-15(23)24)16(13(5)26-19)14-7-6-11(3)12(4)8-14/h6-8,10H,9H2,1-5H3,(H,23,24). The second-order valence-electron chi connectivity index (χ2n) is 6.92. The first-order valence-electron chi connectivity index (χ1n) is 8.54. The molecule has 0 aliphatic heterocycles. The lowest BCUT2D eigenvalue weighted by atomic mass is 9.99. The molecule has 0 saturated heterocycles. The Morgan fingerprint density at radius 2 is 1.92 bits per heavy atom. The average molecular weight is 370 g/mol. The number of carboxylic acid groups (broad SMARTS) is 1. The molecule has 3 rings (SSSR count). The van der Waals surface area contributed by atoms with E-state index in [1.807, 2.05) is 46.8 Å². The van der Waals surface area contributed by atoms with Crippen LogP contribution in [0.2, 0.25) is 0 Å². The van der Waals surface area contributed by atoms with Gasteiger partial charge in [0.15, 0.2) is 0 Å². The minimum atomic E-state index is -1.05. The zero-order valence-electron chi connectivity index (χ0n) is 15.6. The summed E-state index contributed by atoms with van der Waals surface area (Å²) in [6.45, 7) is 9.52. The molecular weight excluding hydrogens is 348 g/mol. The van der Waals surface area contributed by atoms with Gasteiger partial charge in [0.25, 0.3) is 5.56 Å². The number of aromatic nitrogens is 2. The van der Waals surface area contributed by atoms with Gasteiger partial charge in [0, 0.05) is 16.4 Å². The lowest BCUT2D eigenvalue weighted by Gasteiger charge is -2.13. The maximum Gasteiger partial charge on any atom is 0.323 e. The molecule has 0 radical (unpaired) electrons. The van der Waals surface area contributed by atoms with Crippen molar-refractivity contribution in [3.63, 3.8) is 0 Å². The molecule has 0 saturated carbocycles. The zero-order chi connectivity index (χ0) is 19.2. The summed E-state index contributed by atoms with van der Waals surface area (Å²) in [6.07, 6.45) is 0. The van der Waals surface area contributed by atoms with Gasteiger partial charge in [-0.15, -0.1) is 11.3 Å². The van der Waals surface area contributed by atoms with E-state index in [0.29, 0.717) is 16.0 Å². The molecule has 2 heterocycles. The summed E-state index contributed by atoms with van der Waals surface area (Å²) in [5, 5.41) is 9.76. The summed E-state index contributed by atoms with van der Waals surface area (Å²) < 4.78 is 1.30. The lowest BCUT2D eigenvalue weighted by molar-refractivity contribution is -0.137. The summed E-state index contributed by atoms with van der Waals surface area (Å²) in [5.41, 5.74) is 3.89.